The van der Waals surface area contributed by atoms with Gasteiger partial charge >= 0.3 is 5.97 Å². The van der Waals surface area contributed by atoms with Gasteiger partial charge < -0.3 is 14.8 Å². The van der Waals surface area contributed by atoms with Crippen molar-refractivity contribution in [2.45, 2.75) is 6.92 Å². The van der Waals surface area contributed by atoms with Gasteiger partial charge in [0.15, 0.2) is 0 Å². The third-order valence-electron chi connectivity index (χ3n) is 1.27. The molecule has 5 nitrogen and oxygen atoms in total. The van der Waals surface area contributed by atoms with Gasteiger partial charge in [0.1, 0.15) is 12.8 Å². The normalized spacial score (nSPS) is 9.00. The molecule has 0 atom stereocenters. The van der Waals surface area contributed by atoms with Crippen molar-refractivity contribution >= 4 is 18.2 Å². The second-order valence-electron chi connectivity index (χ2n) is 2.53. The zero-order valence-corrected chi connectivity index (χ0v) is 7.32. The van der Waals surface area contributed by atoms with Crippen LogP contribution < -0.4 is 0 Å². The van der Waals surface area contributed by atoms with Gasteiger partial charge in [-0.05, 0) is 6.92 Å². The molecule has 0 bridgehead atoms. The van der Waals surface area contributed by atoms with Gasteiger partial charge in [-0.3, -0.25) is 9.59 Å². The van der Waals surface area contributed by atoms with Crippen molar-refractivity contribution in [1.29, 1.82) is 0 Å². The van der Waals surface area contributed by atoms with Crippen LogP contribution in [0.25, 0.3) is 0 Å². The first-order chi connectivity index (χ1) is 5.99. The summed E-state index contributed by atoms with van der Waals surface area (Å²) in [5.41, 5.74) is 0.211. The number of carboxylic acid groups (broad SMARTS) is 1. The number of amides is 1. The minimum atomic E-state index is -1.16. The third-order valence-corrected chi connectivity index (χ3v) is 1.27. The molecule has 72 valence electrons. The van der Waals surface area contributed by atoms with E-state index in [2.05, 4.69) is 6.58 Å². The Kier molecular flexibility index (Phi) is 4.43. The van der Waals surface area contributed by atoms with Crippen LogP contribution in [0.15, 0.2) is 12.2 Å². The lowest BCUT2D eigenvalue weighted by Gasteiger charge is -2.17. The molecule has 0 radical (unpaired) electrons. The molecule has 0 fully saturated rings. The first-order valence-electron chi connectivity index (χ1n) is 3.59. The highest BCUT2D eigenvalue weighted by Crippen LogP contribution is 1.97. The molecular formula is C8H11NO4. The first kappa shape index (κ1) is 11.4. The van der Waals surface area contributed by atoms with Crippen LogP contribution in [0.1, 0.15) is 6.92 Å². The van der Waals surface area contributed by atoms with E-state index in [1.54, 1.807) is 0 Å². The molecule has 0 aromatic heterocycles. The largest absolute Gasteiger partial charge is 0.480 e. The van der Waals surface area contributed by atoms with Gasteiger partial charge in [-0.15, -0.1) is 0 Å². The molecule has 13 heavy (non-hydrogen) atoms. The van der Waals surface area contributed by atoms with Crippen LogP contribution in [0.4, 0.5) is 0 Å². The Labute approximate surface area is 75.6 Å². The second kappa shape index (κ2) is 5.08. The van der Waals surface area contributed by atoms with Crippen LogP contribution in [-0.2, 0) is 14.4 Å². The summed E-state index contributed by atoms with van der Waals surface area (Å²) in [5, 5.41) is 8.40. The van der Waals surface area contributed by atoms with E-state index in [4.69, 9.17) is 5.11 Å². The summed E-state index contributed by atoms with van der Waals surface area (Å²) in [6.07, 6.45) is 0.476. The number of carbonyl (C=O) groups is 3. The van der Waals surface area contributed by atoms with Crippen molar-refractivity contribution in [3.63, 3.8) is 0 Å². The zero-order valence-electron chi connectivity index (χ0n) is 7.32. The number of nitrogens with zero attached hydrogens (tertiary/aromatic N) is 1. The van der Waals surface area contributed by atoms with Crippen LogP contribution in [0, 0.1) is 0 Å². The maximum Gasteiger partial charge on any atom is 0.323 e. The predicted molar refractivity (Wildman–Crippen MR) is 45.1 cm³/mol. The molecule has 0 aliphatic carbocycles. The highest BCUT2D eigenvalue weighted by Gasteiger charge is 2.16. The fourth-order valence-corrected chi connectivity index (χ4v) is 0.742. The second-order valence-corrected chi connectivity index (χ2v) is 2.53. The van der Waals surface area contributed by atoms with E-state index >= 15 is 0 Å². The maximum absolute atomic E-state index is 11.2. The van der Waals surface area contributed by atoms with Crippen molar-refractivity contribution in [1.82, 2.24) is 4.90 Å². The van der Waals surface area contributed by atoms with Gasteiger partial charge in [0, 0.05) is 5.57 Å². The highest BCUT2D eigenvalue weighted by molar-refractivity contribution is 5.95. The Balaban J connectivity index is 4.40. The maximum atomic E-state index is 11.2. The highest BCUT2D eigenvalue weighted by atomic mass is 16.4. The van der Waals surface area contributed by atoms with Crippen molar-refractivity contribution in [3.8, 4) is 0 Å². The van der Waals surface area contributed by atoms with Crippen LogP contribution in [-0.4, -0.2) is 41.3 Å². The van der Waals surface area contributed by atoms with E-state index < -0.39 is 18.4 Å². The van der Waals surface area contributed by atoms with Crippen molar-refractivity contribution in [3.05, 3.63) is 12.2 Å². The average molecular weight is 185 g/mol. The molecular weight excluding hydrogens is 174 g/mol. The third kappa shape index (κ3) is 4.05. The molecule has 1 amide bonds. The standard InChI is InChI=1S/C8H11NO4/c1-6(2)8(13)9(3-4-10)5-7(11)12/h4H,1,3,5H2,2H3,(H,11,12). The van der Waals surface area contributed by atoms with Gasteiger partial charge in [-0.25, -0.2) is 0 Å². The SMILES string of the molecule is C=C(C)C(=O)N(CC=O)CC(=O)O. The minimum Gasteiger partial charge on any atom is -0.480 e. The summed E-state index contributed by atoms with van der Waals surface area (Å²) in [4.78, 5) is 32.5. The number of hydrogen-bond donors (Lipinski definition) is 1. The lowest BCUT2D eigenvalue weighted by molar-refractivity contribution is -0.143. The van der Waals surface area contributed by atoms with Crippen molar-refractivity contribution < 1.29 is 19.5 Å². The van der Waals surface area contributed by atoms with Gasteiger partial charge in [0.05, 0.1) is 6.54 Å². The number of aldehydes is 1. The number of hydrogen-bond acceptors (Lipinski definition) is 3. The van der Waals surface area contributed by atoms with E-state index in [0.29, 0.717) is 6.29 Å². The molecule has 0 unspecified atom stereocenters. The number of carbonyl (C=O) groups excluding carboxylic acids is 2. The fourth-order valence-electron chi connectivity index (χ4n) is 0.742. The molecule has 0 rings (SSSR count). The van der Waals surface area contributed by atoms with E-state index in [-0.39, 0.29) is 12.1 Å². The molecule has 1 N–H and O–H groups in total. The van der Waals surface area contributed by atoms with E-state index in [9.17, 15) is 14.4 Å². The Bertz CT molecular complexity index is 247. The molecule has 0 aliphatic rings. The quantitative estimate of drug-likeness (QED) is 0.470. The summed E-state index contributed by atoms with van der Waals surface area (Å²) >= 11 is 0. The molecule has 0 aromatic carbocycles. The van der Waals surface area contributed by atoms with Gasteiger partial charge in [0.25, 0.3) is 0 Å². The van der Waals surface area contributed by atoms with Crippen LogP contribution in [0.2, 0.25) is 0 Å². The van der Waals surface area contributed by atoms with Crippen LogP contribution >= 0.6 is 0 Å². The molecule has 0 heterocycles. The van der Waals surface area contributed by atoms with Crippen molar-refractivity contribution in [2.24, 2.45) is 0 Å². The van der Waals surface area contributed by atoms with Gasteiger partial charge in [-0.1, -0.05) is 6.58 Å². The average Bonchev–Trinajstić information content (AvgIpc) is 2.01. The van der Waals surface area contributed by atoms with Gasteiger partial charge in [-0.2, -0.15) is 0 Å². The summed E-state index contributed by atoms with van der Waals surface area (Å²) in [6.45, 7) is 4.12. The van der Waals surface area contributed by atoms with E-state index in [1.807, 2.05) is 0 Å². The molecule has 0 aliphatic heterocycles. The van der Waals surface area contributed by atoms with Crippen molar-refractivity contribution in [2.75, 3.05) is 13.1 Å². The lowest BCUT2D eigenvalue weighted by atomic mass is 10.3. The molecule has 0 aromatic rings. The van der Waals surface area contributed by atoms with E-state index in [0.717, 1.165) is 4.90 Å². The molecule has 0 saturated heterocycles. The Morgan fingerprint density at radius 3 is 2.38 bits per heavy atom. The number of rotatable bonds is 5. The predicted octanol–water partition coefficient (Wildman–Crippen LogP) is -0.325. The summed E-state index contributed by atoms with van der Waals surface area (Å²) in [5.74, 6) is -1.68. The zero-order chi connectivity index (χ0) is 10.4. The minimum absolute atomic E-state index is 0.211. The number of carboxylic acids is 1. The molecule has 5 heteroatoms. The summed E-state index contributed by atoms with van der Waals surface area (Å²) < 4.78 is 0. The smallest absolute Gasteiger partial charge is 0.323 e. The Morgan fingerprint density at radius 1 is 1.54 bits per heavy atom. The lowest BCUT2D eigenvalue weighted by Crippen LogP contribution is -2.37. The topological polar surface area (TPSA) is 74.7 Å². The fraction of sp³-hybridized carbons (Fsp3) is 0.375. The van der Waals surface area contributed by atoms with Crippen LogP contribution in [0.5, 0.6) is 0 Å². The molecule has 0 saturated carbocycles. The Hall–Kier alpha value is -1.65. The summed E-state index contributed by atoms with van der Waals surface area (Å²) in [6, 6.07) is 0. The van der Waals surface area contributed by atoms with Crippen LogP contribution in [0.3, 0.4) is 0 Å². The Morgan fingerprint density at radius 2 is 2.08 bits per heavy atom. The number of aliphatic carboxylic acids is 1. The summed E-state index contributed by atoms with van der Waals surface area (Å²) in [7, 11) is 0. The van der Waals surface area contributed by atoms with Gasteiger partial charge in [0.2, 0.25) is 5.91 Å². The molecule has 0 spiro atoms. The van der Waals surface area contributed by atoms with E-state index in [1.165, 1.54) is 6.92 Å². The monoisotopic (exact) mass is 185 g/mol. The first-order valence-corrected chi connectivity index (χ1v) is 3.59.